The van der Waals surface area contributed by atoms with Crippen LogP contribution in [0.3, 0.4) is 0 Å². The van der Waals surface area contributed by atoms with Crippen LogP contribution < -0.4 is 5.32 Å². The molecule has 0 aromatic heterocycles. The Morgan fingerprint density at radius 2 is 1.93 bits per heavy atom. The molecule has 2 N–H and O–H groups in total. The van der Waals surface area contributed by atoms with E-state index in [0.29, 0.717) is 6.54 Å². The fourth-order valence-electron chi connectivity index (χ4n) is 1.10. The zero-order valence-corrected chi connectivity index (χ0v) is 8.41. The predicted octanol–water partition coefficient (Wildman–Crippen LogP) is 2.70. The molecule has 0 aliphatic rings. The second kappa shape index (κ2) is 5.20. The lowest BCUT2D eigenvalue weighted by molar-refractivity contribution is 0.282. The molecule has 3 heteroatoms. The highest BCUT2D eigenvalue weighted by molar-refractivity contribution is 5.17. The number of aliphatic hydroxyl groups excluding tert-OH is 1. The highest BCUT2D eigenvalue weighted by atomic mass is 19.1. The van der Waals surface area contributed by atoms with Gasteiger partial charge in [0.15, 0.2) is 6.17 Å². The molecule has 1 aromatic carbocycles. The van der Waals surface area contributed by atoms with E-state index in [9.17, 15) is 4.39 Å². The smallest absolute Gasteiger partial charge is 0.195 e. The largest absolute Gasteiger partial charge is 0.509 e. The van der Waals surface area contributed by atoms with E-state index in [1.807, 2.05) is 30.3 Å². The Kier molecular flexibility index (Phi) is 3.92. The molecular weight excluding hydrogens is 193 g/mol. The molecule has 2 nitrogen and oxygen atoms in total. The third-order valence-corrected chi connectivity index (χ3v) is 1.96. The molecule has 80 valence electrons. The van der Waals surface area contributed by atoms with Crippen molar-refractivity contribution in [2.45, 2.75) is 12.7 Å². The van der Waals surface area contributed by atoms with Gasteiger partial charge in [0.25, 0.3) is 0 Å². The minimum Gasteiger partial charge on any atom is -0.509 e. The van der Waals surface area contributed by atoms with Gasteiger partial charge >= 0.3 is 0 Å². The van der Waals surface area contributed by atoms with Gasteiger partial charge in [-0.15, -0.1) is 0 Å². The van der Waals surface area contributed by atoms with Crippen molar-refractivity contribution in [3.8, 4) is 0 Å². The molecule has 0 aliphatic carbocycles. The van der Waals surface area contributed by atoms with Crippen molar-refractivity contribution in [1.82, 2.24) is 5.32 Å². The van der Waals surface area contributed by atoms with Crippen molar-refractivity contribution in [2.24, 2.45) is 0 Å². The van der Waals surface area contributed by atoms with Crippen LogP contribution in [0.4, 0.5) is 4.39 Å². The Balaban J connectivity index is 2.44. The maximum Gasteiger partial charge on any atom is 0.195 e. The predicted molar refractivity (Wildman–Crippen MR) is 59.1 cm³/mol. The standard InChI is InChI=1S/C12H14FNO/c1-9(12(13)10(2)15)14-8-11-6-4-3-5-7-11/h3-7,12,14-15H,1-2,8H2. The Bertz CT molecular complexity index is 348. The summed E-state index contributed by atoms with van der Waals surface area (Å²) in [4.78, 5) is 0. The molecular formula is C12H14FNO. The van der Waals surface area contributed by atoms with Crippen LogP contribution in [0.2, 0.25) is 0 Å². The van der Waals surface area contributed by atoms with Crippen molar-refractivity contribution < 1.29 is 9.50 Å². The maximum absolute atomic E-state index is 13.1. The molecule has 0 radical (unpaired) electrons. The third kappa shape index (κ3) is 3.46. The van der Waals surface area contributed by atoms with Crippen LogP contribution in [0.15, 0.2) is 54.9 Å². The van der Waals surface area contributed by atoms with Crippen molar-refractivity contribution >= 4 is 0 Å². The van der Waals surface area contributed by atoms with E-state index in [2.05, 4.69) is 18.5 Å². The monoisotopic (exact) mass is 207 g/mol. The van der Waals surface area contributed by atoms with Crippen LogP contribution in [-0.2, 0) is 6.54 Å². The highest BCUT2D eigenvalue weighted by Gasteiger charge is 2.13. The van der Waals surface area contributed by atoms with Gasteiger partial charge in [-0.05, 0) is 5.56 Å². The van der Waals surface area contributed by atoms with Crippen molar-refractivity contribution in [3.05, 3.63) is 60.5 Å². The molecule has 1 aromatic rings. The zero-order chi connectivity index (χ0) is 11.3. The number of alkyl halides is 1. The van der Waals surface area contributed by atoms with Crippen LogP contribution in [0.25, 0.3) is 0 Å². The summed E-state index contributed by atoms with van der Waals surface area (Å²) in [6.45, 7) is 7.07. The third-order valence-electron chi connectivity index (χ3n) is 1.96. The Hall–Kier alpha value is -1.77. The first-order chi connectivity index (χ1) is 7.11. The number of halogens is 1. The first-order valence-corrected chi connectivity index (χ1v) is 4.59. The van der Waals surface area contributed by atoms with Crippen molar-refractivity contribution in [1.29, 1.82) is 0 Å². The lowest BCUT2D eigenvalue weighted by Crippen LogP contribution is -2.21. The topological polar surface area (TPSA) is 32.3 Å². The summed E-state index contributed by atoms with van der Waals surface area (Å²) in [5, 5.41) is 11.6. The quantitative estimate of drug-likeness (QED) is 0.727. The van der Waals surface area contributed by atoms with Gasteiger partial charge in [0.05, 0.1) is 0 Å². The highest BCUT2D eigenvalue weighted by Crippen LogP contribution is 2.09. The summed E-state index contributed by atoms with van der Waals surface area (Å²) >= 11 is 0. The number of aliphatic hydroxyl groups is 1. The summed E-state index contributed by atoms with van der Waals surface area (Å²) in [5.41, 5.74) is 1.14. The van der Waals surface area contributed by atoms with E-state index in [0.717, 1.165) is 5.56 Å². The Morgan fingerprint density at radius 1 is 1.33 bits per heavy atom. The molecule has 0 spiro atoms. The molecule has 15 heavy (non-hydrogen) atoms. The summed E-state index contributed by atoms with van der Waals surface area (Å²) in [7, 11) is 0. The molecule has 0 fully saturated rings. The van der Waals surface area contributed by atoms with Gasteiger partial charge in [0.1, 0.15) is 5.76 Å². The molecule has 1 atom stereocenters. The van der Waals surface area contributed by atoms with Crippen molar-refractivity contribution in [2.75, 3.05) is 0 Å². The Labute approximate surface area is 88.8 Å². The Morgan fingerprint density at radius 3 is 2.47 bits per heavy atom. The fourth-order valence-corrected chi connectivity index (χ4v) is 1.10. The van der Waals surface area contributed by atoms with E-state index in [4.69, 9.17) is 5.11 Å². The summed E-state index contributed by atoms with van der Waals surface area (Å²) in [5.74, 6) is -0.527. The lowest BCUT2D eigenvalue weighted by Gasteiger charge is -2.12. The van der Waals surface area contributed by atoms with Gasteiger partial charge in [0, 0.05) is 12.2 Å². The minimum atomic E-state index is -1.62. The van der Waals surface area contributed by atoms with E-state index in [1.54, 1.807) is 0 Å². The van der Waals surface area contributed by atoms with Crippen LogP contribution in [0.5, 0.6) is 0 Å². The molecule has 0 bridgehead atoms. The SMILES string of the molecule is C=C(O)C(F)C(=C)NCc1ccccc1. The second-order valence-corrected chi connectivity index (χ2v) is 3.22. The normalized spacial score (nSPS) is 11.8. The van der Waals surface area contributed by atoms with Gasteiger partial charge in [-0.25, -0.2) is 4.39 Å². The zero-order valence-electron chi connectivity index (χ0n) is 8.41. The van der Waals surface area contributed by atoms with Crippen LogP contribution in [0.1, 0.15) is 5.56 Å². The molecule has 1 unspecified atom stereocenters. The van der Waals surface area contributed by atoms with Gasteiger partial charge in [-0.3, -0.25) is 0 Å². The van der Waals surface area contributed by atoms with E-state index in [1.165, 1.54) is 0 Å². The molecule has 1 rings (SSSR count). The first-order valence-electron chi connectivity index (χ1n) is 4.59. The van der Waals surface area contributed by atoms with E-state index < -0.39 is 11.9 Å². The first kappa shape index (κ1) is 11.3. The second-order valence-electron chi connectivity index (χ2n) is 3.22. The summed E-state index contributed by atoms with van der Waals surface area (Å²) < 4.78 is 13.1. The maximum atomic E-state index is 13.1. The van der Waals surface area contributed by atoms with Gasteiger partial charge in [0.2, 0.25) is 0 Å². The molecule has 0 amide bonds. The van der Waals surface area contributed by atoms with E-state index >= 15 is 0 Å². The molecule has 0 heterocycles. The molecule has 0 aliphatic heterocycles. The number of benzene rings is 1. The van der Waals surface area contributed by atoms with Crippen LogP contribution in [0, 0.1) is 0 Å². The lowest BCUT2D eigenvalue weighted by atomic mass is 10.2. The fraction of sp³-hybridized carbons (Fsp3) is 0.167. The van der Waals surface area contributed by atoms with Gasteiger partial charge in [-0.2, -0.15) is 0 Å². The van der Waals surface area contributed by atoms with Gasteiger partial charge in [-0.1, -0.05) is 43.5 Å². The van der Waals surface area contributed by atoms with E-state index in [-0.39, 0.29) is 5.70 Å². The van der Waals surface area contributed by atoms with Crippen LogP contribution in [-0.4, -0.2) is 11.3 Å². The van der Waals surface area contributed by atoms with Crippen LogP contribution >= 0.6 is 0 Å². The van der Waals surface area contributed by atoms with Gasteiger partial charge < -0.3 is 10.4 Å². The summed E-state index contributed by atoms with van der Waals surface area (Å²) in [6, 6.07) is 9.55. The molecule has 0 saturated heterocycles. The molecule has 0 saturated carbocycles. The minimum absolute atomic E-state index is 0.117. The number of hydrogen-bond donors (Lipinski definition) is 2. The number of rotatable bonds is 5. The summed E-state index contributed by atoms with van der Waals surface area (Å²) in [6.07, 6.45) is -1.62. The average molecular weight is 207 g/mol. The number of hydrogen-bond acceptors (Lipinski definition) is 2. The number of nitrogens with one attached hydrogen (secondary N) is 1. The average Bonchev–Trinajstić information content (AvgIpc) is 2.26. The van der Waals surface area contributed by atoms with Crippen molar-refractivity contribution in [3.63, 3.8) is 0 Å².